The highest BCUT2D eigenvalue weighted by Crippen LogP contribution is 2.23. The Morgan fingerprint density at radius 3 is 2.56 bits per heavy atom. The maximum absolute atomic E-state index is 14.0. The van der Waals surface area contributed by atoms with E-state index < -0.39 is 0 Å². The molecule has 1 aliphatic heterocycles. The van der Waals surface area contributed by atoms with Gasteiger partial charge in [0.2, 0.25) is 0 Å². The summed E-state index contributed by atoms with van der Waals surface area (Å²) in [6, 6.07) is 12.9. The largest absolute Gasteiger partial charge is 0.381 e. The van der Waals surface area contributed by atoms with Crippen molar-refractivity contribution in [1.82, 2.24) is 4.90 Å². The van der Waals surface area contributed by atoms with Crippen LogP contribution in [0.25, 0.3) is 0 Å². The molecule has 1 N–H and O–H groups in total. The van der Waals surface area contributed by atoms with Gasteiger partial charge in [-0.3, -0.25) is 4.90 Å². The Kier molecular flexibility index (Phi) is 5.94. The van der Waals surface area contributed by atoms with E-state index in [0.717, 1.165) is 25.3 Å². The summed E-state index contributed by atoms with van der Waals surface area (Å²) in [6.07, 6.45) is 0.474. The van der Waals surface area contributed by atoms with Gasteiger partial charge in [-0.15, -0.1) is 0 Å². The molecule has 5 heteroatoms. The summed E-state index contributed by atoms with van der Waals surface area (Å²) < 4.78 is 19.8. The highest BCUT2D eigenvalue weighted by atomic mass is 35.5. The van der Waals surface area contributed by atoms with Gasteiger partial charge in [0, 0.05) is 42.5 Å². The van der Waals surface area contributed by atoms with Crippen LogP contribution in [0.15, 0.2) is 42.5 Å². The van der Waals surface area contributed by atoms with Crippen LogP contribution in [0.5, 0.6) is 0 Å². The van der Waals surface area contributed by atoms with Gasteiger partial charge in [-0.1, -0.05) is 35.9 Å². The van der Waals surface area contributed by atoms with Crippen molar-refractivity contribution in [1.29, 1.82) is 0 Å². The molecule has 0 amide bonds. The van der Waals surface area contributed by atoms with Crippen LogP contribution in [0.2, 0.25) is 5.02 Å². The normalized spacial score (nSPS) is 21.3. The third-order valence-corrected chi connectivity index (χ3v) is 4.78. The average molecular weight is 363 g/mol. The van der Waals surface area contributed by atoms with Gasteiger partial charge in [0.05, 0.1) is 12.2 Å². The lowest BCUT2D eigenvalue weighted by molar-refractivity contribution is -0.0704. The van der Waals surface area contributed by atoms with Crippen LogP contribution in [-0.2, 0) is 17.8 Å². The van der Waals surface area contributed by atoms with E-state index in [1.165, 1.54) is 11.6 Å². The monoisotopic (exact) mass is 362 g/mol. The number of morpholine rings is 1. The summed E-state index contributed by atoms with van der Waals surface area (Å²) >= 11 is 6.12. The quantitative estimate of drug-likeness (QED) is 0.834. The van der Waals surface area contributed by atoms with Crippen molar-refractivity contribution in [3.63, 3.8) is 0 Å². The van der Waals surface area contributed by atoms with Crippen LogP contribution in [0, 0.1) is 5.82 Å². The molecule has 1 saturated heterocycles. The number of anilines is 1. The van der Waals surface area contributed by atoms with E-state index in [1.54, 1.807) is 12.1 Å². The second-order valence-electron chi connectivity index (χ2n) is 6.66. The molecule has 0 aromatic heterocycles. The first-order valence-corrected chi connectivity index (χ1v) is 9.03. The number of ether oxygens (including phenoxy) is 1. The lowest BCUT2D eigenvalue weighted by Crippen LogP contribution is -2.44. The predicted octanol–water partition coefficient (Wildman–Crippen LogP) is 4.70. The molecule has 3 rings (SSSR count). The van der Waals surface area contributed by atoms with Crippen LogP contribution >= 0.6 is 11.6 Å². The molecule has 25 heavy (non-hydrogen) atoms. The number of benzene rings is 2. The molecule has 3 nitrogen and oxygen atoms in total. The van der Waals surface area contributed by atoms with Crippen molar-refractivity contribution in [2.45, 2.75) is 39.1 Å². The van der Waals surface area contributed by atoms with Crippen LogP contribution in [0.3, 0.4) is 0 Å². The Labute approximate surface area is 153 Å². The number of hydrogen-bond donors (Lipinski definition) is 1. The van der Waals surface area contributed by atoms with Gasteiger partial charge in [-0.05, 0) is 37.6 Å². The summed E-state index contributed by atoms with van der Waals surface area (Å²) in [5.41, 5.74) is 2.69. The second kappa shape index (κ2) is 8.17. The molecule has 1 aliphatic rings. The summed E-state index contributed by atoms with van der Waals surface area (Å²) in [6.45, 7) is 7.24. The molecule has 2 unspecified atom stereocenters. The molecule has 0 saturated carbocycles. The highest BCUT2D eigenvalue weighted by Gasteiger charge is 2.22. The average Bonchev–Trinajstić information content (AvgIpc) is 2.55. The summed E-state index contributed by atoms with van der Waals surface area (Å²) in [5.74, 6) is -0.284. The van der Waals surface area contributed by atoms with E-state index >= 15 is 0 Å². The molecular formula is C20H24ClFN2O. The number of nitrogens with one attached hydrogen (secondary N) is 1. The van der Waals surface area contributed by atoms with E-state index in [4.69, 9.17) is 16.3 Å². The Balaban J connectivity index is 1.71. The highest BCUT2D eigenvalue weighted by molar-refractivity contribution is 6.31. The molecule has 0 radical (unpaired) electrons. The zero-order valence-corrected chi connectivity index (χ0v) is 15.4. The molecule has 0 aliphatic carbocycles. The van der Waals surface area contributed by atoms with Gasteiger partial charge in [0.15, 0.2) is 0 Å². The lowest BCUT2D eigenvalue weighted by Gasteiger charge is -2.35. The van der Waals surface area contributed by atoms with Crippen LogP contribution in [-0.4, -0.2) is 30.2 Å². The predicted molar refractivity (Wildman–Crippen MR) is 100 cm³/mol. The van der Waals surface area contributed by atoms with Gasteiger partial charge in [-0.2, -0.15) is 0 Å². The van der Waals surface area contributed by atoms with Crippen molar-refractivity contribution < 1.29 is 9.13 Å². The minimum atomic E-state index is -0.284. The van der Waals surface area contributed by atoms with Crippen LogP contribution in [0.4, 0.5) is 10.1 Å². The molecule has 0 spiro atoms. The van der Waals surface area contributed by atoms with Crippen molar-refractivity contribution >= 4 is 17.3 Å². The second-order valence-corrected chi connectivity index (χ2v) is 7.07. The fourth-order valence-corrected chi connectivity index (χ4v) is 3.60. The van der Waals surface area contributed by atoms with Gasteiger partial charge < -0.3 is 10.1 Å². The third kappa shape index (κ3) is 4.72. The van der Waals surface area contributed by atoms with Crippen molar-refractivity contribution in [2.24, 2.45) is 0 Å². The van der Waals surface area contributed by atoms with E-state index in [1.807, 2.05) is 18.2 Å². The number of hydrogen-bond acceptors (Lipinski definition) is 3. The first-order valence-electron chi connectivity index (χ1n) is 8.65. The zero-order chi connectivity index (χ0) is 17.8. The summed E-state index contributed by atoms with van der Waals surface area (Å²) in [7, 11) is 0. The molecular weight excluding hydrogens is 339 g/mol. The maximum Gasteiger partial charge on any atom is 0.129 e. The molecule has 1 heterocycles. The summed E-state index contributed by atoms with van der Waals surface area (Å²) in [4.78, 5) is 2.40. The Morgan fingerprint density at radius 1 is 1.12 bits per heavy atom. The van der Waals surface area contributed by atoms with Gasteiger partial charge in [-0.25, -0.2) is 4.39 Å². The maximum atomic E-state index is 14.0. The van der Waals surface area contributed by atoms with Crippen molar-refractivity contribution in [2.75, 3.05) is 18.4 Å². The van der Waals surface area contributed by atoms with E-state index in [-0.39, 0.29) is 18.0 Å². The molecule has 0 bridgehead atoms. The number of rotatable bonds is 5. The van der Waals surface area contributed by atoms with Crippen LogP contribution in [0.1, 0.15) is 25.0 Å². The Bertz CT molecular complexity index is 694. The number of nitrogens with zero attached hydrogens (tertiary/aromatic N) is 1. The summed E-state index contributed by atoms with van der Waals surface area (Å²) in [5, 5.41) is 3.79. The van der Waals surface area contributed by atoms with Crippen molar-refractivity contribution in [3.05, 3.63) is 64.4 Å². The van der Waals surface area contributed by atoms with Gasteiger partial charge in [0.25, 0.3) is 0 Å². The van der Waals surface area contributed by atoms with Crippen molar-refractivity contribution in [3.8, 4) is 0 Å². The SMILES string of the molecule is CC1CN(Cc2ccccc2NCc2c(F)cccc2Cl)CC(C)O1. The Hall–Kier alpha value is -1.62. The molecule has 2 aromatic rings. The van der Waals surface area contributed by atoms with E-state index in [2.05, 4.69) is 30.1 Å². The van der Waals surface area contributed by atoms with Crippen LogP contribution < -0.4 is 5.32 Å². The number of para-hydroxylation sites is 1. The van der Waals surface area contributed by atoms with E-state index in [9.17, 15) is 4.39 Å². The topological polar surface area (TPSA) is 24.5 Å². The molecule has 2 atom stereocenters. The molecule has 2 aromatic carbocycles. The smallest absolute Gasteiger partial charge is 0.129 e. The Morgan fingerprint density at radius 2 is 1.84 bits per heavy atom. The first-order chi connectivity index (χ1) is 12.0. The fourth-order valence-electron chi connectivity index (χ4n) is 3.37. The lowest BCUT2D eigenvalue weighted by atomic mass is 10.1. The minimum absolute atomic E-state index is 0.237. The van der Waals surface area contributed by atoms with E-state index in [0.29, 0.717) is 17.1 Å². The molecule has 1 fully saturated rings. The van der Waals surface area contributed by atoms with Gasteiger partial charge in [0.1, 0.15) is 5.82 Å². The standard InChI is InChI=1S/C20H24ClFN2O/c1-14-11-24(12-15(2)25-14)13-16-6-3-4-9-20(16)23-10-17-18(21)7-5-8-19(17)22/h3-9,14-15,23H,10-13H2,1-2H3. The minimum Gasteiger partial charge on any atom is -0.381 e. The zero-order valence-electron chi connectivity index (χ0n) is 14.6. The third-order valence-electron chi connectivity index (χ3n) is 4.42. The number of halogens is 2. The fraction of sp³-hybridized carbons (Fsp3) is 0.400. The van der Waals surface area contributed by atoms with Gasteiger partial charge >= 0.3 is 0 Å². The first kappa shape index (κ1) is 18.2. The molecule has 134 valence electrons.